The van der Waals surface area contributed by atoms with Crippen molar-refractivity contribution >= 4 is 15.7 Å². The summed E-state index contributed by atoms with van der Waals surface area (Å²) in [6.45, 7) is 7.84. The maximum Gasteiger partial charge on any atom is 0.243 e. The van der Waals surface area contributed by atoms with E-state index < -0.39 is 10.0 Å². The molecule has 1 aromatic carbocycles. The molecule has 0 radical (unpaired) electrons. The van der Waals surface area contributed by atoms with E-state index >= 15 is 0 Å². The van der Waals surface area contributed by atoms with Gasteiger partial charge >= 0.3 is 0 Å². The number of hydrogen-bond acceptors (Lipinski definition) is 4. The molecule has 0 aliphatic rings. The Morgan fingerprint density at radius 1 is 1.30 bits per heavy atom. The Morgan fingerprint density at radius 3 is 2.40 bits per heavy atom. The Labute approximate surface area is 121 Å². The average molecular weight is 300 g/mol. The van der Waals surface area contributed by atoms with Crippen LogP contribution >= 0.6 is 0 Å². The fourth-order valence-corrected chi connectivity index (χ4v) is 3.77. The predicted octanol–water partition coefficient (Wildman–Crippen LogP) is 1.83. The second-order valence-electron chi connectivity index (χ2n) is 5.35. The lowest BCUT2D eigenvalue weighted by atomic mass is 10.1. The van der Waals surface area contributed by atoms with Gasteiger partial charge in [0.05, 0.1) is 12.3 Å². The lowest BCUT2D eigenvalue weighted by Crippen LogP contribution is -2.42. The number of nitrogen functional groups attached to an aromatic ring is 1. The minimum absolute atomic E-state index is 0.121. The van der Waals surface area contributed by atoms with E-state index in [2.05, 4.69) is 4.72 Å². The van der Waals surface area contributed by atoms with Gasteiger partial charge in [-0.3, -0.25) is 0 Å². The van der Waals surface area contributed by atoms with Crippen molar-refractivity contribution in [2.45, 2.75) is 38.6 Å². The number of nitrogens with one attached hydrogen (secondary N) is 1. The third-order valence-corrected chi connectivity index (χ3v) is 5.13. The number of methoxy groups -OCH3 is 1. The van der Waals surface area contributed by atoms with E-state index in [4.69, 9.17) is 10.5 Å². The highest BCUT2D eigenvalue weighted by Gasteiger charge is 2.26. The molecule has 1 atom stereocenters. The van der Waals surface area contributed by atoms with Crippen LogP contribution in [0.5, 0.6) is 0 Å². The molecule has 3 N–H and O–H groups in total. The van der Waals surface area contributed by atoms with Crippen molar-refractivity contribution in [3.8, 4) is 0 Å². The second-order valence-corrected chi connectivity index (χ2v) is 7.00. The van der Waals surface area contributed by atoms with Gasteiger partial charge in [-0.2, -0.15) is 0 Å². The molecule has 1 unspecified atom stereocenters. The molecule has 0 spiro atoms. The van der Waals surface area contributed by atoms with Gasteiger partial charge in [0.1, 0.15) is 4.90 Å². The first-order valence-electron chi connectivity index (χ1n) is 6.57. The summed E-state index contributed by atoms with van der Waals surface area (Å²) in [6, 6.07) is 3.15. The van der Waals surface area contributed by atoms with Crippen LogP contribution in [0.4, 0.5) is 5.69 Å². The van der Waals surface area contributed by atoms with Crippen LogP contribution in [-0.4, -0.2) is 28.2 Å². The van der Waals surface area contributed by atoms with Crippen molar-refractivity contribution in [3.63, 3.8) is 0 Å². The molecule has 0 saturated heterocycles. The van der Waals surface area contributed by atoms with E-state index in [1.165, 1.54) is 0 Å². The van der Waals surface area contributed by atoms with E-state index in [0.717, 1.165) is 5.56 Å². The summed E-state index contributed by atoms with van der Waals surface area (Å²) in [5, 5.41) is 0. The lowest BCUT2D eigenvalue weighted by Gasteiger charge is -2.23. The molecule has 0 saturated carbocycles. The molecule has 0 bridgehead atoms. The second kappa shape index (κ2) is 6.56. The van der Waals surface area contributed by atoms with Crippen LogP contribution in [0.15, 0.2) is 17.0 Å². The Kier molecular flexibility index (Phi) is 5.56. The molecule has 0 fully saturated rings. The fraction of sp³-hybridized carbons (Fsp3) is 0.571. The van der Waals surface area contributed by atoms with Gasteiger partial charge in [0, 0.05) is 13.2 Å². The topological polar surface area (TPSA) is 81.4 Å². The Bertz CT molecular complexity index is 568. The van der Waals surface area contributed by atoms with E-state index in [-0.39, 0.29) is 22.5 Å². The summed E-state index contributed by atoms with van der Waals surface area (Å²) in [4.78, 5) is 0.166. The zero-order chi connectivity index (χ0) is 15.5. The molecule has 5 nitrogen and oxygen atoms in total. The standard InChI is InChI=1S/C14H24N2O3S/c1-9(2)13(8-19-5)16-20(17,18)14-11(4)10(3)6-7-12(14)15/h6-7,9,13,16H,8,15H2,1-5H3. The van der Waals surface area contributed by atoms with E-state index in [1.807, 2.05) is 26.8 Å². The molecule has 1 aromatic rings. The number of sulfonamides is 1. The molecule has 1 rings (SSSR count). The molecule has 0 amide bonds. The summed E-state index contributed by atoms with van der Waals surface area (Å²) < 4.78 is 32.9. The smallest absolute Gasteiger partial charge is 0.243 e. The molecule has 0 aromatic heterocycles. The quantitative estimate of drug-likeness (QED) is 0.785. The summed E-state index contributed by atoms with van der Waals surface area (Å²) >= 11 is 0. The molecule has 0 heterocycles. The van der Waals surface area contributed by atoms with Gasteiger partial charge in [0.25, 0.3) is 0 Å². The Hall–Kier alpha value is -1.11. The number of anilines is 1. The number of nitrogens with two attached hydrogens (primary N) is 1. The molecule has 20 heavy (non-hydrogen) atoms. The van der Waals surface area contributed by atoms with Crippen molar-refractivity contribution in [1.29, 1.82) is 0 Å². The highest BCUT2D eigenvalue weighted by Crippen LogP contribution is 2.25. The predicted molar refractivity (Wildman–Crippen MR) is 81.2 cm³/mol. The third kappa shape index (κ3) is 3.71. The summed E-state index contributed by atoms with van der Waals surface area (Å²) in [5.74, 6) is 0.121. The normalized spacial score (nSPS) is 13.7. The van der Waals surface area contributed by atoms with Crippen molar-refractivity contribution in [2.75, 3.05) is 19.5 Å². The molecule has 0 aliphatic carbocycles. The maximum absolute atomic E-state index is 12.6. The van der Waals surface area contributed by atoms with Crippen LogP contribution < -0.4 is 10.5 Å². The van der Waals surface area contributed by atoms with Gasteiger partial charge < -0.3 is 10.5 Å². The SMILES string of the molecule is COCC(NS(=O)(=O)c1c(N)ccc(C)c1C)C(C)C. The molecule has 114 valence electrons. The largest absolute Gasteiger partial charge is 0.398 e. The minimum Gasteiger partial charge on any atom is -0.398 e. The highest BCUT2D eigenvalue weighted by molar-refractivity contribution is 7.89. The minimum atomic E-state index is -3.67. The molecule has 0 aliphatic heterocycles. The summed E-state index contributed by atoms with van der Waals surface area (Å²) in [5.41, 5.74) is 7.69. The zero-order valence-corrected chi connectivity index (χ0v) is 13.5. The van der Waals surface area contributed by atoms with Crippen molar-refractivity contribution in [2.24, 2.45) is 5.92 Å². The van der Waals surface area contributed by atoms with Crippen molar-refractivity contribution in [3.05, 3.63) is 23.3 Å². The summed E-state index contributed by atoms with van der Waals surface area (Å²) in [7, 11) is -2.11. The average Bonchev–Trinajstić information content (AvgIpc) is 2.33. The van der Waals surface area contributed by atoms with Crippen LogP contribution in [-0.2, 0) is 14.8 Å². The van der Waals surface area contributed by atoms with Gasteiger partial charge in [-0.15, -0.1) is 0 Å². The lowest BCUT2D eigenvalue weighted by molar-refractivity contribution is 0.157. The Morgan fingerprint density at radius 2 is 1.90 bits per heavy atom. The molecular formula is C14H24N2O3S. The number of rotatable bonds is 6. The van der Waals surface area contributed by atoms with Crippen LogP contribution in [0, 0.1) is 19.8 Å². The van der Waals surface area contributed by atoms with Gasteiger partial charge in [0.2, 0.25) is 10.0 Å². The van der Waals surface area contributed by atoms with Gasteiger partial charge in [0.15, 0.2) is 0 Å². The van der Waals surface area contributed by atoms with E-state index in [1.54, 1.807) is 20.1 Å². The maximum atomic E-state index is 12.6. The van der Waals surface area contributed by atoms with E-state index in [9.17, 15) is 8.42 Å². The molecule has 6 heteroatoms. The highest BCUT2D eigenvalue weighted by atomic mass is 32.2. The number of ether oxygens (including phenoxy) is 1. The first-order chi connectivity index (χ1) is 9.20. The fourth-order valence-electron chi connectivity index (χ4n) is 1.97. The van der Waals surface area contributed by atoms with E-state index in [0.29, 0.717) is 12.2 Å². The van der Waals surface area contributed by atoms with Gasteiger partial charge in [-0.05, 0) is 37.0 Å². The zero-order valence-electron chi connectivity index (χ0n) is 12.7. The number of benzene rings is 1. The van der Waals surface area contributed by atoms with Crippen LogP contribution in [0.3, 0.4) is 0 Å². The third-order valence-electron chi connectivity index (χ3n) is 3.43. The summed E-state index contributed by atoms with van der Waals surface area (Å²) in [6.07, 6.45) is 0. The van der Waals surface area contributed by atoms with Gasteiger partial charge in [-0.25, -0.2) is 13.1 Å². The Balaban J connectivity index is 3.21. The van der Waals surface area contributed by atoms with Crippen molar-refractivity contribution in [1.82, 2.24) is 4.72 Å². The first kappa shape index (κ1) is 16.9. The monoisotopic (exact) mass is 300 g/mol. The van der Waals surface area contributed by atoms with Gasteiger partial charge in [-0.1, -0.05) is 19.9 Å². The first-order valence-corrected chi connectivity index (χ1v) is 8.06. The number of hydrogen-bond donors (Lipinski definition) is 2. The van der Waals surface area contributed by atoms with Crippen LogP contribution in [0.25, 0.3) is 0 Å². The molecular weight excluding hydrogens is 276 g/mol. The number of aryl methyl sites for hydroxylation is 1. The van der Waals surface area contributed by atoms with Crippen LogP contribution in [0.2, 0.25) is 0 Å². The van der Waals surface area contributed by atoms with Crippen molar-refractivity contribution < 1.29 is 13.2 Å². The van der Waals surface area contributed by atoms with Crippen LogP contribution in [0.1, 0.15) is 25.0 Å².